The zero-order valence-corrected chi connectivity index (χ0v) is 15.3. The van der Waals surface area contributed by atoms with E-state index >= 15 is 0 Å². The fourth-order valence-corrected chi connectivity index (χ4v) is 3.63. The van der Waals surface area contributed by atoms with E-state index in [1.807, 2.05) is 6.20 Å². The molecule has 1 aromatic heterocycles. The minimum Gasteiger partial charge on any atom is -0.356 e. The van der Waals surface area contributed by atoms with E-state index in [0.29, 0.717) is 6.04 Å². The van der Waals surface area contributed by atoms with Crippen molar-refractivity contribution in [3.8, 4) is 0 Å². The van der Waals surface area contributed by atoms with Gasteiger partial charge in [0, 0.05) is 38.4 Å². The van der Waals surface area contributed by atoms with Gasteiger partial charge >= 0.3 is 6.03 Å². The number of aromatic nitrogens is 1. The van der Waals surface area contributed by atoms with E-state index in [1.165, 1.54) is 31.2 Å². The highest BCUT2D eigenvalue weighted by atomic mass is 16.2. The zero-order chi connectivity index (χ0) is 17.2. The van der Waals surface area contributed by atoms with Crippen LogP contribution in [0, 0.1) is 18.8 Å². The van der Waals surface area contributed by atoms with E-state index in [-0.39, 0.29) is 6.03 Å². The molecule has 2 aliphatic carbocycles. The average Bonchev–Trinajstić information content (AvgIpc) is 3.52. The van der Waals surface area contributed by atoms with Gasteiger partial charge in [-0.25, -0.2) is 9.78 Å². The van der Waals surface area contributed by atoms with Gasteiger partial charge in [-0.05, 0) is 68.9 Å². The summed E-state index contributed by atoms with van der Waals surface area (Å²) in [5.41, 5.74) is 1.19. The molecule has 0 atom stereocenters. The Balaban J connectivity index is 1.26. The summed E-state index contributed by atoms with van der Waals surface area (Å²) in [6.45, 7) is 5.93. The molecule has 0 radical (unpaired) electrons. The summed E-state index contributed by atoms with van der Waals surface area (Å²) in [7, 11) is 0. The van der Waals surface area contributed by atoms with Crippen LogP contribution in [0.1, 0.15) is 44.1 Å². The Morgan fingerprint density at radius 1 is 1.12 bits per heavy atom. The highest BCUT2D eigenvalue weighted by Crippen LogP contribution is 2.33. The minimum absolute atomic E-state index is 0.172. The summed E-state index contributed by atoms with van der Waals surface area (Å²) in [6, 6.07) is 4.69. The number of aryl methyl sites for hydroxylation is 1. The van der Waals surface area contributed by atoms with Crippen molar-refractivity contribution in [1.82, 2.24) is 15.2 Å². The van der Waals surface area contributed by atoms with Crippen LogP contribution in [0.5, 0.6) is 0 Å². The van der Waals surface area contributed by atoms with Crippen molar-refractivity contribution in [2.45, 2.75) is 51.5 Å². The molecule has 5 heteroatoms. The van der Waals surface area contributed by atoms with Gasteiger partial charge in [-0.15, -0.1) is 0 Å². The molecule has 1 aromatic rings. The number of amides is 2. The lowest BCUT2D eigenvalue weighted by Crippen LogP contribution is -2.50. The number of piperidine rings is 1. The number of carbonyl (C=O) groups excluding carboxylic acids is 1. The number of urea groups is 1. The predicted molar refractivity (Wildman–Crippen MR) is 99.8 cm³/mol. The van der Waals surface area contributed by atoms with Crippen LogP contribution in [0.4, 0.5) is 10.6 Å². The van der Waals surface area contributed by atoms with Crippen molar-refractivity contribution < 1.29 is 4.79 Å². The molecular formula is C20H30N4O. The van der Waals surface area contributed by atoms with Gasteiger partial charge in [0.1, 0.15) is 5.82 Å². The number of anilines is 1. The second-order valence-corrected chi connectivity index (χ2v) is 8.20. The third kappa shape index (κ3) is 4.65. The second kappa shape index (κ2) is 7.22. The molecule has 3 aliphatic rings. The minimum atomic E-state index is 0.172. The molecule has 136 valence electrons. The summed E-state index contributed by atoms with van der Waals surface area (Å²) < 4.78 is 0. The first-order valence-electron chi connectivity index (χ1n) is 9.90. The largest absolute Gasteiger partial charge is 0.356 e. The van der Waals surface area contributed by atoms with E-state index in [4.69, 9.17) is 0 Å². The molecule has 2 amide bonds. The second-order valence-electron chi connectivity index (χ2n) is 8.20. The third-order valence-electron chi connectivity index (χ3n) is 5.68. The number of rotatable bonds is 6. The topological polar surface area (TPSA) is 48.5 Å². The van der Waals surface area contributed by atoms with E-state index in [1.54, 1.807) is 0 Å². The Kier molecular flexibility index (Phi) is 4.82. The molecule has 2 heterocycles. The lowest BCUT2D eigenvalue weighted by Gasteiger charge is -2.34. The smallest absolute Gasteiger partial charge is 0.317 e. The van der Waals surface area contributed by atoms with Crippen LogP contribution < -0.4 is 10.2 Å². The van der Waals surface area contributed by atoms with Crippen molar-refractivity contribution in [1.29, 1.82) is 0 Å². The average molecular weight is 342 g/mol. The van der Waals surface area contributed by atoms with Crippen LogP contribution in [0.25, 0.3) is 0 Å². The molecule has 0 aromatic carbocycles. The van der Waals surface area contributed by atoms with Crippen molar-refractivity contribution >= 4 is 11.8 Å². The van der Waals surface area contributed by atoms with Crippen molar-refractivity contribution in [2.75, 3.05) is 31.1 Å². The molecular weight excluding hydrogens is 312 g/mol. The number of pyridine rings is 1. The summed E-state index contributed by atoms with van der Waals surface area (Å²) in [4.78, 5) is 21.7. The van der Waals surface area contributed by atoms with Crippen molar-refractivity contribution in [3.05, 3.63) is 23.9 Å². The Morgan fingerprint density at radius 3 is 2.28 bits per heavy atom. The fourth-order valence-electron chi connectivity index (χ4n) is 3.63. The van der Waals surface area contributed by atoms with Crippen LogP contribution in [-0.4, -0.2) is 48.1 Å². The highest BCUT2D eigenvalue weighted by Gasteiger charge is 2.32. The molecule has 5 nitrogen and oxygen atoms in total. The van der Waals surface area contributed by atoms with Gasteiger partial charge in [0.05, 0.1) is 0 Å². The molecule has 1 N–H and O–H groups in total. The SMILES string of the molecule is Cc1ccc(N2CCC(NC(=O)N(CC3CC3)CC3CC3)CC2)nc1. The maximum atomic E-state index is 12.7. The van der Waals surface area contributed by atoms with Crippen LogP contribution in [-0.2, 0) is 0 Å². The Hall–Kier alpha value is -1.78. The van der Waals surface area contributed by atoms with E-state index in [2.05, 4.69) is 39.2 Å². The number of carbonyl (C=O) groups is 1. The zero-order valence-electron chi connectivity index (χ0n) is 15.3. The molecule has 1 saturated heterocycles. The molecule has 0 bridgehead atoms. The lowest BCUT2D eigenvalue weighted by molar-refractivity contribution is 0.186. The van der Waals surface area contributed by atoms with Gasteiger partial charge in [-0.3, -0.25) is 0 Å². The van der Waals surface area contributed by atoms with Crippen LogP contribution in [0.15, 0.2) is 18.3 Å². The summed E-state index contributed by atoms with van der Waals surface area (Å²) in [6.07, 6.45) is 9.14. The predicted octanol–water partition coefficient (Wildman–Crippen LogP) is 3.19. The van der Waals surface area contributed by atoms with E-state index in [0.717, 1.165) is 56.7 Å². The van der Waals surface area contributed by atoms with Crippen LogP contribution in [0.2, 0.25) is 0 Å². The summed E-state index contributed by atoms with van der Waals surface area (Å²) >= 11 is 0. The third-order valence-corrected chi connectivity index (χ3v) is 5.68. The first-order valence-corrected chi connectivity index (χ1v) is 9.90. The van der Waals surface area contributed by atoms with Gasteiger partial charge < -0.3 is 15.1 Å². The fraction of sp³-hybridized carbons (Fsp3) is 0.700. The molecule has 4 rings (SSSR count). The van der Waals surface area contributed by atoms with Crippen molar-refractivity contribution in [3.63, 3.8) is 0 Å². The maximum absolute atomic E-state index is 12.7. The number of hydrogen-bond donors (Lipinski definition) is 1. The van der Waals surface area contributed by atoms with Gasteiger partial charge in [0.15, 0.2) is 0 Å². The van der Waals surface area contributed by atoms with Gasteiger partial charge in [-0.1, -0.05) is 6.07 Å². The van der Waals surface area contributed by atoms with Crippen LogP contribution >= 0.6 is 0 Å². The lowest BCUT2D eigenvalue weighted by atomic mass is 10.1. The number of hydrogen-bond acceptors (Lipinski definition) is 3. The van der Waals surface area contributed by atoms with E-state index < -0.39 is 0 Å². The summed E-state index contributed by atoms with van der Waals surface area (Å²) in [5.74, 6) is 2.58. The quantitative estimate of drug-likeness (QED) is 0.864. The first-order chi connectivity index (χ1) is 12.2. The molecule has 25 heavy (non-hydrogen) atoms. The highest BCUT2D eigenvalue weighted by molar-refractivity contribution is 5.74. The van der Waals surface area contributed by atoms with E-state index in [9.17, 15) is 4.79 Å². The number of nitrogens with one attached hydrogen (secondary N) is 1. The molecule has 0 unspecified atom stereocenters. The molecule has 3 fully saturated rings. The van der Waals surface area contributed by atoms with Gasteiger partial charge in [0.2, 0.25) is 0 Å². The van der Waals surface area contributed by atoms with Crippen molar-refractivity contribution in [2.24, 2.45) is 11.8 Å². The molecule has 0 spiro atoms. The maximum Gasteiger partial charge on any atom is 0.317 e. The summed E-state index contributed by atoms with van der Waals surface area (Å²) in [5, 5.41) is 3.31. The Bertz CT molecular complexity index is 572. The van der Waals surface area contributed by atoms with Gasteiger partial charge in [-0.2, -0.15) is 0 Å². The van der Waals surface area contributed by atoms with Crippen LogP contribution in [0.3, 0.4) is 0 Å². The normalized spacial score (nSPS) is 21.2. The first kappa shape index (κ1) is 16.7. The number of nitrogens with zero attached hydrogens (tertiary/aromatic N) is 3. The monoisotopic (exact) mass is 342 g/mol. The molecule has 2 saturated carbocycles. The van der Waals surface area contributed by atoms with Gasteiger partial charge in [0.25, 0.3) is 0 Å². The Labute approximate surface area is 150 Å². The molecule has 1 aliphatic heterocycles. The standard InChI is InChI=1S/C20H30N4O/c1-15-2-7-19(21-12-15)23-10-8-18(9-11-23)22-20(25)24(13-16-3-4-16)14-17-5-6-17/h2,7,12,16-18H,3-6,8-11,13-14H2,1H3,(H,22,25). The Morgan fingerprint density at radius 2 is 1.76 bits per heavy atom.